The van der Waals surface area contributed by atoms with Crippen LogP contribution in [-0.2, 0) is 16.4 Å². The second kappa shape index (κ2) is 6.11. The number of benzene rings is 2. The first kappa shape index (κ1) is 16.6. The zero-order chi connectivity index (χ0) is 17.6. The third-order valence-corrected chi connectivity index (χ3v) is 7.21. The zero-order valence-corrected chi connectivity index (χ0v) is 15.5. The zero-order valence-electron chi connectivity index (χ0n) is 14.7. The average molecular weight is 353 g/mol. The van der Waals surface area contributed by atoms with E-state index < -0.39 is 10.0 Å². The van der Waals surface area contributed by atoms with Crippen molar-refractivity contribution in [3.63, 3.8) is 0 Å². The van der Waals surface area contributed by atoms with E-state index in [0.29, 0.717) is 18.0 Å². The lowest BCUT2D eigenvalue weighted by atomic mass is 9.78. The summed E-state index contributed by atoms with van der Waals surface area (Å²) in [5.74, 6) is 0.213. The van der Waals surface area contributed by atoms with Crippen LogP contribution in [0.1, 0.15) is 30.0 Å². The Hall–Kier alpha value is -1.91. The minimum atomic E-state index is -3.44. The molecule has 0 saturated heterocycles. The average Bonchev–Trinajstić information content (AvgIpc) is 2.61. The van der Waals surface area contributed by atoms with Gasteiger partial charge in [0.25, 0.3) is 0 Å². The predicted octanol–water partition coefficient (Wildman–Crippen LogP) is 4.04. The van der Waals surface area contributed by atoms with E-state index in [0.717, 1.165) is 18.4 Å². The van der Waals surface area contributed by atoms with Gasteiger partial charge in [0.2, 0.25) is 10.0 Å². The molecule has 0 radical (unpaired) electrons. The van der Waals surface area contributed by atoms with Crippen molar-refractivity contribution in [2.75, 3.05) is 13.1 Å². The van der Waals surface area contributed by atoms with Crippen LogP contribution in [0, 0.1) is 12.8 Å². The molecule has 25 heavy (non-hydrogen) atoms. The molecule has 0 fully saturated rings. The summed E-state index contributed by atoms with van der Waals surface area (Å²) >= 11 is 0. The quantitative estimate of drug-likeness (QED) is 0.817. The Morgan fingerprint density at radius 1 is 1.00 bits per heavy atom. The predicted molar refractivity (Wildman–Crippen MR) is 101 cm³/mol. The van der Waals surface area contributed by atoms with Gasteiger partial charge in [-0.1, -0.05) is 54.5 Å². The van der Waals surface area contributed by atoms with Crippen molar-refractivity contribution in [2.24, 2.45) is 5.92 Å². The highest BCUT2D eigenvalue weighted by atomic mass is 32.2. The number of nitrogens with zero attached hydrogens (tertiary/aromatic N) is 1. The number of fused-ring (bicyclic) bond motifs is 2. The molecule has 0 bridgehead atoms. The van der Waals surface area contributed by atoms with E-state index >= 15 is 0 Å². The van der Waals surface area contributed by atoms with Gasteiger partial charge in [-0.2, -0.15) is 4.31 Å². The highest BCUT2D eigenvalue weighted by Crippen LogP contribution is 2.40. The van der Waals surface area contributed by atoms with Gasteiger partial charge in [0.15, 0.2) is 0 Å². The summed E-state index contributed by atoms with van der Waals surface area (Å²) in [5.41, 5.74) is 6.44. The van der Waals surface area contributed by atoms with Gasteiger partial charge in [-0.25, -0.2) is 8.42 Å². The second-order valence-electron chi connectivity index (χ2n) is 7.19. The van der Waals surface area contributed by atoms with E-state index in [1.807, 2.05) is 19.1 Å². The molecule has 0 aromatic heterocycles. The molecule has 2 aromatic carbocycles. The summed E-state index contributed by atoms with van der Waals surface area (Å²) in [5, 5.41) is 0. The number of hydrogen-bond donors (Lipinski definition) is 0. The van der Waals surface area contributed by atoms with Gasteiger partial charge in [-0.05, 0) is 54.5 Å². The lowest BCUT2D eigenvalue weighted by Gasteiger charge is -2.37. The summed E-state index contributed by atoms with van der Waals surface area (Å²) in [6, 6.07) is 15.7. The SMILES string of the molecule is Cc1ccc(S(=O)(=O)N2CC3=C(c4ccccc4CC3)C(C)C2)cc1. The Morgan fingerprint density at radius 2 is 1.72 bits per heavy atom. The Morgan fingerprint density at radius 3 is 2.48 bits per heavy atom. The van der Waals surface area contributed by atoms with E-state index in [4.69, 9.17) is 0 Å². The molecule has 4 heteroatoms. The molecule has 1 heterocycles. The standard InChI is InChI=1S/C21H23NO2S/c1-15-7-11-19(12-8-15)25(23,24)22-13-16(2)21-18(14-22)10-9-17-5-3-4-6-20(17)21/h3-8,11-12,16H,9-10,13-14H2,1-2H3. The van der Waals surface area contributed by atoms with Gasteiger partial charge in [0.05, 0.1) is 4.90 Å². The fourth-order valence-electron chi connectivity index (χ4n) is 4.11. The van der Waals surface area contributed by atoms with Crippen LogP contribution in [0.4, 0.5) is 0 Å². The second-order valence-corrected chi connectivity index (χ2v) is 9.12. The number of aryl methyl sites for hydroxylation is 2. The largest absolute Gasteiger partial charge is 0.243 e. The first-order valence-electron chi connectivity index (χ1n) is 8.84. The smallest absolute Gasteiger partial charge is 0.207 e. The monoisotopic (exact) mass is 353 g/mol. The van der Waals surface area contributed by atoms with Crippen LogP contribution in [0.3, 0.4) is 0 Å². The Kier molecular flexibility index (Phi) is 4.05. The Bertz CT molecular complexity index is 942. The van der Waals surface area contributed by atoms with Crippen LogP contribution in [-0.4, -0.2) is 25.8 Å². The molecular formula is C21H23NO2S. The molecule has 1 unspecified atom stereocenters. The van der Waals surface area contributed by atoms with Crippen LogP contribution in [0.25, 0.3) is 5.57 Å². The van der Waals surface area contributed by atoms with Crippen molar-refractivity contribution in [1.29, 1.82) is 0 Å². The number of hydrogen-bond acceptors (Lipinski definition) is 2. The van der Waals surface area contributed by atoms with Crippen LogP contribution in [0.2, 0.25) is 0 Å². The van der Waals surface area contributed by atoms with Gasteiger partial charge in [-0.3, -0.25) is 0 Å². The number of sulfonamides is 1. The van der Waals surface area contributed by atoms with Crippen molar-refractivity contribution in [3.8, 4) is 0 Å². The summed E-state index contributed by atoms with van der Waals surface area (Å²) < 4.78 is 27.8. The van der Waals surface area contributed by atoms with Gasteiger partial charge < -0.3 is 0 Å². The van der Waals surface area contributed by atoms with Crippen molar-refractivity contribution in [2.45, 2.75) is 31.6 Å². The highest BCUT2D eigenvalue weighted by molar-refractivity contribution is 7.89. The highest BCUT2D eigenvalue weighted by Gasteiger charge is 2.35. The fraction of sp³-hybridized carbons (Fsp3) is 0.333. The maximum atomic E-state index is 13.1. The molecule has 0 amide bonds. The molecule has 2 aromatic rings. The van der Waals surface area contributed by atoms with E-state index in [-0.39, 0.29) is 5.92 Å². The van der Waals surface area contributed by atoms with Gasteiger partial charge in [-0.15, -0.1) is 0 Å². The molecule has 0 saturated carbocycles. The maximum absolute atomic E-state index is 13.1. The van der Waals surface area contributed by atoms with Crippen molar-refractivity contribution in [1.82, 2.24) is 4.31 Å². The van der Waals surface area contributed by atoms with E-state index in [2.05, 4.69) is 31.2 Å². The third kappa shape index (κ3) is 2.83. The minimum absolute atomic E-state index is 0.213. The normalized spacial score (nSPS) is 21.0. The fourth-order valence-corrected chi connectivity index (χ4v) is 5.63. The molecule has 2 aliphatic rings. The summed E-state index contributed by atoms with van der Waals surface area (Å²) in [6.45, 7) is 5.18. The molecule has 1 aliphatic carbocycles. The first-order valence-corrected chi connectivity index (χ1v) is 10.3. The molecule has 4 rings (SSSR count). The molecule has 0 N–H and O–H groups in total. The van der Waals surface area contributed by atoms with Crippen LogP contribution >= 0.6 is 0 Å². The molecule has 3 nitrogen and oxygen atoms in total. The molecule has 1 aliphatic heterocycles. The maximum Gasteiger partial charge on any atom is 0.243 e. The lowest BCUT2D eigenvalue weighted by Crippen LogP contribution is -2.41. The molecule has 1 atom stereocenters. The summed E-state index contributed by atoms with van der Waals surface area (Å²) in [7, 11) is -3.44. The van der Waals surface area contributed by atoms with Crippen LogP contribution < -0.4 is 0 Å². The molecule has 130 valence electrons. The number of rotatable bonds is 2. The van der Waals surface area contributed by atoms with Gasteiger partial charge in [0, 0.05) is 13.1 Å². The first-order chi connectivity index (χ1) is 12.0. The Labute approximate surface area is 150 Å². The van der Waals surface area contributed by atoms with Gasteiger partial charge >= 0.3 is 0 Å². The van der Waals surface area contributed by atoms with Crippen LogP contribution in [0.15, 0.2) is 59.0 Å². The lowest BCUT2D eigenvalue weighted by molar-refractivity contribution is 0.385. The van der Waals surface area contributed by atoms with Crippen LogP contribution in [0.5, 0.6) is 0 Å². The summed E-state index contributed by atoms with van der Waals surface area (Å²) in [6.07, 6.45) is 1.96. The van der Waals surface area contributed by atoms with E-state index in [1.54, 1.807) is 16.4 Å². The van der Waals surface area contributed by atoms with Crippen molar-refractivity contribution in [3.05, 3.63) is 70.8 Å². The topological polar surface area (TPSA) is 37.4 Å². The van der Waals surface area contributed by atoms with E-state index in [1.165, 1.54) is 22.3 Å². The van der Waals surface area contributed by atoms with E-state index in [9.17, 15) is 8.42 Å². The minimum Gasteiger partial charge on any atom is -0.207 e. The summed E-state index contributed by atoms with van der Waals surface area (Å²) in [4.78, 5) is 0.394. The molecule has 0 spiro atoms. The van der Waals surface area contributed by atoms with Crippen molar-refractivity contribution < 1.29 is 8.42 Å². The molecular weight excluding hydrogens is 330 g/mol. The third-order valence-electron chi connectivity index (χ3n) is 5.38. The van der Waals surface area contributed by atoms with Crippen molar-refractivity contribution >= 4 is 15.6 Å². The van der Waals surface area contributed by atoms with Gasteiger partial charge in [0.1, 0.15) is 0 Å². The Balaban J connectivity index is 1.71.